The van der Waals surface area contributed by atoms with Gasteiger partial charge in [-0.1, -0.05) is 29.8 Å². The Morgan fingerprint density at radius 3 is 2.64 bits per heavy atom. The Bertz CT molecular complexity index is 940. The minimum Gasteiger partial charge on any atom is -0.353 e. The number of hydrogen-bond acceptors (Lipinski definition) is 5. The zero-order valence-electron chi connectivity index (χ0n) is 15.3. The molecule has 0 bridgehead atoms. The Hall–Kier alpha value is -2.02. The molecule has 1 fully saturated rings. The lowest BCUT2D eigenvalue weighted by atomic mass is 10.2. The summed E-state index contributed by atoms with van der Waals surface area (Å²) < 4.78 is 0. The molecule has 0 aliphatic carbocycles. The summed E-state index contributed by atoms with van der Waals surface area (Å²) in [5.41, 5.74) is 2.08. The van der Waals surface area contributed by atoms with Crippen LogP contribution in [0.15, 0.2) is 64.2 Å². The smallest absolute Gasteiger partial charge is 0.255 e. The molecular weight excluding hydrogens is 410 g/mol. The Morgan fingerprint density at radius 1 is 1.07 bits per heavy atom. The molecule has 0 spiro atoms. The van der Waals surface area contributed by atoms with Gasteiger partial charge in [0.05, 0.1) is 5.56 Å². The number of thiophene rings is 1. The second-order valence-electron chi connectivity index (χ2n) is 6.51. The third-order valence-electron chi connectivity index (χ3n) is 4.68. The average molecular weight is 430 g/mol. The molecule has 0 N–H and O–H groups in total. The third-order valence-corrected chi connectivity index (χ3v) is 6.77. The average Bonchev–Trinajstić information content (AvgIpc) is 3.26. The molecule has 4 nitrogen and oxygen atoms in total. The molecule has 7 heteroatoms. The van der Waals surface area contributed by atoms with Crippen molar-refractivity contribution in [2.45, 2.75) is 10.6 Å². The molecule has 0 radical (unpaired) electrons. The normalized spacial score (nSPS) is 14.3. The first-order valence-electron chi connectivity index (χ1n) is 9.10. The molecule has 1 aromatic carbocycles. The number of benzene rings is 1. The van der Waals surface area contributed by atoms with E-state index in [0.29, 0.717) is 18.2 Å². The van der Waals surface area contributed by atoms with Crippen LogP contribution < -0.4 is 4.90 Å². The highest BCUT2D eigenvalue weighted by Gasteiger charge is 2.24. The fraction of sp³-hybridized carbons (Fsp3) is 0.238. The summed E-state index contributed by atoms with van der Waals surface area (Å²) in [4.78, 5) is 22.7. The number of pyridine rings is 1. The largest absolute Gasteiger partial charge is 0.353 e. The van der Waals surface area contributed by atoms with Crippen molar-refractivity contribution in [3.05, 3.63) is 75.6 Å². The number of aromatic nitrogens is 1. The Morgan fingerprint density at radius 2 is 1.89 bits per heavy atom. The predicted molar refractivity (Wildman–Crippen MR) is 118 cm³/mol. The first-order chi connectivity index (χ1) is 13.7. The highest BCUT2D eigenvalue weighted by molar-refractivity contribution is 7.98. The van der Waals surface area contributed by atoms with Crippen molar-refractivity contribution in [1.29, 1.82) is 0 Å². The molecule has 2 aromatic heterocycles. The van der Waals surface area contributed by atoms with Crippen molar-refractivity contribution < 1.29 is 4.79 Å². The van der Waals surface area contributed by atoms with Crippen LogP contribution in [0.2, 0.25) is 5.15 Å². The lowest BCUT2D eigenvalue weighted by molar-refractivity contribution is 0.0743. The maximum Gasteiger partial charge on any atom is 0.255 e. The fourth-order valence-electron chi connectivity index (χ4n) is 3.19. The summed E-state index contributed by atoms with van der Waals surface area (Å²) in [5.74, 6) is 1.85. The van der Waals surface area contributed by atoms with Crippen LogP contribution in [0.1, 0.15) is 15.9 Å². The number of nitrogens with zero attached hydrogens (tertiary/aromatic N) is 3. The molecule has 3 aromatic rings. The van der Waals surface area contributed by atoms with E-state index in [-0.39, 0.29) is 5.91 Å². The number of piperazine rings is 1. The SMILES string of the molecule is O=C(c1ccccc1SCc1ccsc1)N1CCN(c2cccc(Cl)n2)CC1. The lowest BCUT2D eigenvalue weighted by Gasteiger charge is -2.35. The van der Waals surface area contributed by atoms with E-state index in [1.54, 1.807) is 29.2 Å². The van der Waals surface area contributed by atoms with Gasteiger partial charge in [-0.05, 0) is 46.7 Å². The Labute approximate surface area is 178 Å². The quantitative estimate of drug-likeness (QED) is 0.420. The first kappa shape index (κ1) is 19.3. The molecule has 4 rings (SSSR count). The summed E-state index contributed by atoms with van der Waals surface area (Å²) in [6.45, 7) is 2.86. The van der Waals surface area contributed by atoms with Gasteiger partial charge in [-0.25, -0.2) is 4.98 Å². The second-order valence-corrected chi connectivity index (χ2v) is 8.70. The van der Waals surface area contributed by atoms with Crippen molar-refractivity contribution in [3.8, 4) is 0 Å². The maximum atomic E-state index is 13.1. The summed E-state index contributed by atoms with van der Waals surface area (Å²) in [6.07, 6.45) is 0. The van der Waals surface area contributed by atoms with Crippen LogP contribution in [0.4, 0.5) is 5.82 Å². The zero-order chi connectivity index (χ0) is 19.3. The predicted octanol–water partition coefficient (Wildman–Crippen LogP) is 5.05. The topological polar surface area (TPSA) is 36.4 Å². The van der Waals surface area contributed by atoms with Crippen molar-refractivity contribution in [2.75, 3.05) is 31.1 Å². The van der Waals surface area contributed by atoms with E-state index in [0.717, 1.165) is 35.1 Å². The van der Waals surface area contributed by atoms with Gasteiger partial charge in [0.25, 0.3) is 5.91 Å². The van der Waals surface area contributed by atoms with Crippen LogP contribution in [0.5, 0.6) is 0 Å². The molecule has 0 atom stereocenters. The molecular formula is C21H20ClN3OS2. The zero-order valence-corrected chi connectivity index (χ0v) is 17.6. The van der Waals surface area contributed by atoms with Gasteiger partial charge in [0.1, 0.15) is 11.0 Å². The first-order valence-corrected chi connectivity index (χ1v) is 11.4. The molecule has 3 heterocycles. The van der Waals surface area contributed by atoms with E-state index < -0.39 is 0 Å². The van der Waals surface area contributed by atoms with Gasteiger partial charge >= 0.3 is 0 Å². The molecule has 0 unspecified atom stereocenters. The number of halogens is 1. The van der Waals surface area contributed by atoms with Gasteiger partial charge in [0.2, 0.25) is 0 Å². The van der Waals surface area contributed by atoms with Crippen LogP contribution >= 0.6 is 34.7 Å². The molecule has 1 saturated heterocycles. The van der Waals surface area contributed by atoms with Gasteiger partial charge in [0.15, 0.2) is 0 Å². The minimum absolute atomic E-state index is 0.104. The number of carbonyl (C=O) groups is 1. The third kappa shape index (κ3) is 4.51. The Balaban J connectivity index is 1.41. The van der Waals surface area contributed by atoms with Crippen molar-refractivity contribution >= 4 is 46.4 Å². The number of anilines is 1. The van der Waals surface area contributed by atoms with Crippen LogP contribution in [0.3, 0.4) is 0 Å². The van der Waals surface area contributed by atoms with E-state index in [9.17, 15) is 4.79 Å². The summed E-state index contributed by atoms with van der Waals surface area (Å²) in [6, 6.07) is 15.7. The highest BCUT2D eigenvalue weighted by Crippen LogP contribution is 2.28. The molecule has 1 amide bonds. The number of carbonyl (C=O) groups excluding carboxylic acids is 1. The number of amides is 1. The summed E-state index contributed by atoms with van der Waals surface area (Å²) in [5, 5.41) is 4.73. The number of hydrogen-bond donors (Lipinski definition) is 0. The van der Waals surface area contributed by atoms with Gasteiger partial charge in [-0.3, -0.25) is 4.79 Å². The van der Waals surface area contributed by atoms with E-state index >= 15 is 0 Å². The fourth-order valence-corrected chi connectivity index (χ4v) is 5.11. The van der Waals surface area contributed by atoms with E-state index in [1.165, 1.54) is 5.56 Å². The van der Waals surface area contributed by atoms with Crippen LogP contribution in [-0.4, -0.2) is 42.0 Å². The highest BCUT2D eigenvalue weighted by atomic mass is 35.5. The maximum absolute atomic E-state index is 13.1. The molecule has 1 aliphatic rings. The van der Waals surface area contributed by atoms with Crippen LogP contribution in [-0.2, 0) is 5.75 Å². The number of rotatable bonds is 5. The molecule has 0 saturated carbocycles. The molecule has 28 heavy (non-hydrogen) atoms. The molecule has 144 valence electrons. The van der Waals surface area contributed by atoms with E-state index in [1.807, 2.05) is 41.3 Å². The minimum atomic E-state index is 0.104. The summed E-state index contributed by atoms with van der Waals surface area (Å²) >= 11 is 9.42. The number of thioether (sulfide) groups is 1. The van der Waals surface area contributed by atoms with Crippen molar-refractivity contribution in [3.63, 3.8) is 0 Å². The summed E-state index contributed by atoms with van der Waals surface area (Å²) in [7, 11) is 0. The van der Waals surface area contributed by atoms with Crippen LogP contribution in [0, 0.1) is 0 Å². The van der Waals surface area contributed by atoms with E-state index in [2.05, 4.69) is 26.7 Å². The Kier molecular flexibility index (Phi) is 6.20. The van der Waals surface area contributed by atoms with Gasteiger partial charge < -0.3 is 9.80 Å². The second kappa shape index (κ2) is 8.99. The van der Waals surface area contributed by atoms with Gasteiger partial charge in [-0.2, -0.15) is 11.3 Å². The van der Waals surface area contributed by atoms with E-state index in [4.69, 9.17) is 11.6 Å². The lowest BCUT2D eigenvalue weighted by Crippen LogP contribution is -2.49. The monoisotopic (exact) mass is 429 g/mol. The van der Waals surface area contributed by atoms with Crippen molar-refractivity contribution in [1.82, 2.24) is 9.88 Å². The van der Waals surface area contributed by atoms with Crippen molar-refractivity contribution in [2.24, 2.45) is 0 Å². The van der Waals surface area contributed by atoms with Crippen LogP contribution in [0.25, 0.3) is 0 Å². The van der Waals surface area contributed by atoms with Gasteiger partial charge in [-0.15, -0.1) is 11.8 Å². The van der Waals surface area contributed by atoms with Gasteiger partial charge in [0, 0.05) is 36.8 Å². The standard InChI is InChI=1S/C21H20ClN3OS2/c22-19-6-3-7-20(23-19)24-9-11-25(12-10-24)21(26)17-4-1-2-5-18(17)28-15-16-8-13-27-14-16/h1-8,13-14H,9-12,15H2. The molecule has 1 aliphatic heterocycles.